The van der Waals surface area contributed by atoms with Crippen molar-refractivity contribution in [2.75, 3.05) is 19.0 Å². The highest BCUT2D eigenvalue weighted by molar-refractivity contribution is 14.1. The predicted molar refractivity (Wildman–Crippen MR) is 112 cm³/mol. The van der Waals surface area contributed by atoms with E-state index in [0.717, 1.165) is 32.1 Å². The van der Waals surface area contributed by atoms with Crippen molar-refractivity contribution in [1.29, 1.82) is 0 Å². The quantitative estimate of drug-likeness (QED) is 0.466. The first-order valence-electron chi connectivity index (χ1n) is 7.19. The summed E-state index contributed by atoms with van der Waals surface area (Å²) in [5.41, 5.74) is 3.30. The van der Waals surface area contributed by atoms with Gasteiger partial charge in [0, 0.05) is 28.9 Å². The van der Waals surface area contributed by atoms with Crippen molar-refractivity contribution in [2.45, 2.75) is 0 Å². The predicted octanol–water partition coefficient (Wildman–Crippen LogP) is 5.07. The van der Waals surface area contributed by atoms with E-state index < -0.39 is 0 Å². The van der Waals surface area contributed by atoms with Crippen LogP contribution in [0.3, 0.4) is 0 Å². The molecule has 0 bridgehead atoms. The van der Waals surface area contributed by atoms with Gasteiger partial charge >= 0.3 is 0 Å². The van der Waals surface area contributed by atoms with Gasteiger partial charge in [0.15, 0.2) is 0 Å². The summed E-state index contributed by atoms with van der Waals surface area (Å²) >= 11 is 9.59. The number of aliphatic imine (C=N–C) groups is 1. The second-order valence-corrected chi connectivity index (χ2v) is 8.06. The normalized spacial score (nSPS) is 15.8. The fourth-order valence-corrected chi connectivity index (χ4v) is 3.77. The highest BCUT2D eigenvalue weighted by atomic mass is 127. The van der Waals surface area contributed by atoms with E-state index in [4.69, 9.17) is 11.6 Å². The maximum atomic E-state index is 12.3. The number of hydrogen-bond acceptors (Lipinski definition) is 4. The van der Waals surface area contributed by atoms with Gasteiger partial charge in [-0.3, -0.25) is 4.79 Å². The van der Waals surface area contributed by atoms with Gasteiger partial charge in [0.25, 0.3) is 0 Å². The molecule has 0 saturated carbocycles. The lowest BCUT2D eigenvalue weighted by molar-refractivity contribution is -0.107. The SMILES string of the molecule is CN(C)c1ccc(C=C2N=C(c3cc(I)ccc3Cl)SC2=O)cc1. The van der Waals surface area contributed by atoms with Crippen LogP contribution in [-0.4, -0.2) is 24.3 Å². The van der Waals surface area contributed by atoms with Gasteiger partial charge in [0.1, 0.15) is 10.7 Å². The molecule has 2 aromatic rings. The van der Waals surface area contributed by atoms with Gasteiger partial charge in [0.2, 0.25) is 5.12 Å². The number of benzene rings is 2. The third-order valence-corrected chi connectivity index (χ3v) is 5.39. The van der Waals surface area contributed by atoms with Gasteiger partial charge in [-0.15, -0.1) is 0 Å². The Balaban J connectivity index is 1.92. The van der Waals surface area contributed by atoms with E-state index in [0.29, 0.717) is 15.8 Å². The third kappa shape index (κ3) is 3.84. The molecular formula is C18H14ClIN2OS. The van der Waals surface area contributed by atoms with E-state index in [1.54, 1.807) is 0 Å². The van der Waals surface area contributed by atoms with Gasteiger partial charge in [-0.05, 0) is 76.3 Å². The first kappa shape index (κ1) is 17.5. The molecule has 0 N–H and O–H groups in total. The Labute approximate surface area is 163 Å². The van der Waals surface area contributed by atoms with Gasteiger partial charge in [-0.25, -0.2) is 4.99 Å². The van der Waals surface area contributed by atoms with Crippen molar-refractivity contribution in [1.82, 2.24) is 0 Å². The molecule has 1 aliphatic rings. The number of nitrogens with zero attached hydrogens (tertiary/aromatic N) is 2. The molecule has 0 aromatic heterocycles. The number of hydrogen-bond donors (Lipinski definition) is 0. The molecule has 122 valence electrons. The van der Waals surface area contributed by atoms with Crippen LogP contribution in [0.25, 0.3) is 6.08 Å². The van der Waals surface area contributed by atoms with Gasteiger partial charge in [-0.1, -0.05) is 23.7 Å². The summed E-state index contributed by atoms with van der Waals surface area (Å²) in [6.07, 6.45) is 1.81. The number of rotatable bonds is 3. The second kappa shape index (κ2) is 7.29. The third-order valence-electron chi connectivity index (χ3n) is 3.49. The van der Waals surface area contributed by atoms with E-state index in [1.165, 1.54) is 0 Å². The average molecular weight is 469 g/mol. The molecule has 0 fully saturated rings. The monoisotopic (exact) mass is 468 g/mol. The molecule has 1 heterocycles. The number of anilines is 1. The molecule has 2 aromatic carbocycles. The Kier molecular flexibility index (Phi) is 5.32. The second-order valence-electron chi connectivity index (χ2n) is 5.45. The summed E-state index contributed by atoms with van der Waals surface area (Å²) in [6, 6.07) is 13.7. The topological polar surface area (TPSA) is 32.7 Å². The smallest absolute Gasteiger partial charge is 0.244 e. The minimum atomic E-state index is -0.0587. The highest BCUT2D eigenvalue weighted by Gasteiger charge is 2.24. The van der Waals surface area contributed by atoms with Gasteiger partial charge in [-0.2, -0.15) is 0 Å². The van der Waals surface area contributed by atoms with Crippen LogP contribution < -0.4 is 4.90 Å². The van der Waals surface area contributed by atoms with Crippen molar-refractivity contribution < 1.29 is 4.79 Å². The molecule has 6 heteroatoms. The van der Waals surface area contributed by atoms with Crippen LogP contribution in [0.15, 0.2) is 53.2 Å². The number of thioether (sulfide) groups is 1. The number of halogens is 2. The van der Waals surface area contributed by atoms with Crippen LogP contribution in [0.5, 0.6) is 0 Å². The molecule has 0 aliphatic carbocycles. The molecule has 0 spiro atoms. The molecule has 0 saturated heterocycles. The summed E-state index contributed by atoms with van der Waals surface area (Å²) < 4.78 is 1.06. The van der Waals surface area contributed by atoms with Crippen LogP contribution in [0.4, 0.5) is 5.69 Å². The first-order chi connectivity index (χ1) is 11.4. The molecule has 0 amide bonds. The van der Waals surface area contributed by atoms with E-state index >= 15 is 0 Å². The molecule has 3 rings (SSSR count). The van der Waals surface area contributed by atoms with E-state index in [1.807, 2.05) is 67.5 Å². The average Bonchev–Trinajstić information content (AvgIpc) is 2.91. The summed E-state index contributed by atoms with van der Waals surface area (Å²) in [7, 11) is 3.98. The lowest BCUT2D eigenvalue weighted by Crippen LogP contribution is -2.07. The van der Waals surface area contributed by atoms with Crippen LogP contribution in [-0.2, 0) is 4.79 Å². The molecule has 3 nitrogen and oxygen atoms in total. The Morgan fingerprint density at radius 3 is 2.54 bits per heavy atom. The van der Waals surface area contributed by atoms with Crippen molar-refractivity contribution in [3.63, 3.8) is 0 Å². The van der Waals surface area contributed by atoms with Crippen molar-refractivity contribution in [3.8, 4) is 0 Å². The summed E-state index contributed by atoms with van der Waals surface area (Å²) in [6.45, 7) is 0. The van der Waals surface area contributed by atoms with Crippen LogP contribution in [0, 0.1) is 3.57 Å². The molecular weight excluding hydrogens is 455 g/mol. The standard InChI is InChI=1S/C18H14ClIN2OS/c1-22(2)13-6-3-11(4-7-13)9-16-18(23)24-17(21-16)14-10-12(20)5-8-15(14)19/h3-10H,1-2H3. The Bertz CT molecular complexity index is 860. The van der Waals surface area contributed by atoms with Crippen molar-refractivity contribution in [3.05, 3.63) is 67.9 Å². The zero-order valence-electron chi connectivity index (χ0n) is 13.1. The Morgan fingerprint density at radius 1 is 1.17 bits per heavy atom. The Morgan fingerprint density at radius 2 is 1.88 bits per heavy atom. The van der Waals surface area contributed by atoms with Gasteiger partial charge in [0.05, 0.1) is 5.02 Å². The molecule has 0 radical (unpaired) electrons. The minimum absolute atomic E-state index is 0.0587. The fourth-order valence-electron chi connectivity index (χ4n) is 2.21. The zero-order chi connectivity index (χ0) is 17.3. The van der Waals surface area contributed by atoms with E-state index in [-0.39, 0.29) is 5.12 Å². The van der Waals surface area contributed by atoms with Crippen molar-refractivity contribution >= 4 is 67.9 Å². The Hall–Kier alpha value is -1.31. The lowest BCUT2D eigenvalue weighted by Gasteiger charge is -2.11. The maximum absolute atomic E-state index is 12.3. The molecule has 0 unspecified atom stereocenters. The van der Waals surface area contributed by atoms with Gasteiger partial charge < -0.3 is 4.90 Å². The maximum Gasteiger partial charge on any atom is 0.244 e. The zero-order valence-corrected chi connectivity index (χ0v) is 16.8. The van der Waals surface area contributed by atoms with E-state index in [2.05, 4.69) is 27.6 Å². The van der Waals surface area contributed by atoms with Crippen LogP contribution >= 0.6 is 46.0 Å². The molecule has 0 atom stereocenters. The van der Waals surface area contributed by atoms with Crippen molar-refractivity contribution in [2.24, 2.45) is 4.99 Å². The largest absolute Gasteiger partial charge is 0.378 e. The highest BCUT2D eigenvalue weighted by Crippen LogP contribution is 2.32. The lowest BCUT2D eigenvalue weighted by atomic mass is 10.1. The summed E-state index contributed by atoms with van der Waals surface area (Å²) in [5.74, 6) is 0. The minimum Gasteiger partial charge on any atom is -0.378 e. The first-order valence-corrected chi connectivity index (χ1v) is 9.47. The summed E-state index contributed by atoms with van der Waals surface area (Å²) in [4.78, 5) is 18.8. The molecule has 1 aliphatic heterocycles. The van der Waals surface area contributed by atoms with E-state index in [9.17, 15) is 4.79 Å². The van der Waals surface area contributed by atoms with Crippen LogP contribution in [0.1, 0.15) is 11.1 Å². The van der Waals surface area contributed by atoms with Crippen LogP contribution in [0.2, 0.25) is 5.02 Å². The summed E-state index contributed by atoms with van der Waals surface area (Å²) in [5, 5.41) is 1.20. The number of carbonyl (C=O) groups excluding carboxylic acids is 1. The fraction of sp³-hybridized carbons (Fsp3) is 0.111. The number of carbonyl (C=O) groups is 1. The molecule has 24 heavy (non-hydrogen) atoms.